The fourth-order valence-corrected chi connectivity index (χ4v) is 4.56. The second kappa shape index (κ2) is 17.1. The zero-order chi connectivity index (χ0) is 15.9. The van der Waals surface area contributed by atoms with Crippen molar-refractivity contribution >= 4 is 16.9 Å². The molecule has 0 aromatic heterocycles. The minimum atomic E-state index is -0.611. The van der Waals surface area contributed by atoms with Crippen LogP contribution in [0.4, 0.5) is 0 Å². The van der Waals surface area contributed by atoms with Crippen LogP contribution in [0.3, 0.4) is 0 Å². The lowest BCUT2D eigenvalue weighted by molar-refractivity contribution is -0.141. The van der Waals surface area contributed by atoms with E-state index in [9.17, 15) is 4.79 Å². The maximum Gasteiger partial charge on any atom is 0.311 e. The Balaban J connectivity index is 0. The van der Waals surface area contributed by atoms with Gasteiger partial charge < -0.3 is 10.6 Å². The summed E-state index contributed by atoms with van der Waals surface area (Å²) >= 11 is 0. The molecule has 0 radical (unpaired) electrons. The molecule has 0 aliphatic carbocycles. The summed E-state index contributed by atoms with van der Waals surface area (Å²) in [6.07, 6.45) is 16.7. The molecule has 2 unspecified atom stereocenters. The minimum Gasteiger partial charge on any atom is -0.870 e. The summed E-state index contributed by atoms with van der Waals surface area (Å²) in [6, 6.07) is 0. The number of carboxylic acid groups (broad SMARTS) is 1. The van der Waals surface area contributed by atoms with Crippen molar-refractivity contribution in [2.45, 2.75) is 84.5 Å². The average Bonchev–Trinajstić information content (AvgIpc) is 2.46. The zero-order valence-electron chi connectivity index (χ0n) is 15.0. The maximum absolute atomic E-state index is 11.0. The molecule has 0 aliphatic rings. The Morgan fingerprint density at radius 2 is 1.36 bits per heavy atom. The molecule has 0 fully saturated rings. The normalized spacial score (nSPS) is 13.4. The molecule has 134 valence electrons. The number of aliphatic carboxylic acids is 1. The molecule has 0 aliphatic heterocycles. The molecule has 4 heteroatoms. The summed E-state index contributed by atoms with van der Waals surface area (Å²) in [7, 11) is 0.286. The highest BCUT2D eigenvalue weighted by Gasteiger charge is 2.23. The van der Waals surface area contributed by atoms with E-state index in [0.29, 0.717) is 0 Å². The van der Waals surface area contributed by atoms with Crippen LogP contribution in [0.25, 0.3) is 0 Å². The molecular formula is C18H38O3S. The summed E-state index contributed by atoms with van der Waals surface area (Å²) in [5.74, 6) is 1.37. The summed E-state index contributed by atoms with van der Waals surface area (Å²) in [5.41, 5.74) is 0. The van der Waals surface area contributed by atoms with E-state index in [-0.39, 0.29) is 22.3 Å². The van der Waals surface area contributed by atoms with E-state index in [4.69, 9.17) is 5.11 Å². The quantitative estimate of drug-likeness (QED) is 0.335. The van der Waals surface area contributed by atoms with E-state index in [2.05, 4.69) is 13.2 Å². The van der Waals surface area contributed by atoms with Gasteiger partial charge >= 0.3 is 5.97 Å². The molecule has 0 amide bonds. The van der Waals surface area contributed by atoms with Gasteiger partial charge in [-0.3, -0.25) is 4.79 Å². The number of carbonyl (C=O) groups is 1. The van der Waals surface area contributed by atoms with Crippen molar-refractivity contribution in [2.24, 2.45) is 5.92 Å². The van der Waals surface area contributed by atoms with Crippen LogP contribution < -0.4 is 0 Å². The van der Waals surface area contributed by atoms with Crippen LogP contribution >= 0.6 is 0 Å². The number of hydrogen-bond acceptors (Lipinski definition) is 2. The fraction of sp³-hybridized carbons (Fsp3) is 0.944. The third kappa shape index (κ3) is 14.7. The Kier molecular flexibility index (Phi) is 18.7. The highest BCUT2D eigenvalue weighted by atomic mass is 32.2. The summed E-state index contributed by atoms with van der Waals surface area (Å²) in [4.78, 5) is 11.0. The van der Waals surface area contributed by atoms with Gasteiger partial charge in [0.15, 0.2) is 0 Å². The maximum atomic E-state index is 11.0. The first-order valence-electron chi connectivity index (χ1n) is 8.93. The summed E-state index contributed by atoms with van der Waals surface area (Å²) in [6.45, 7) is 4.25. The first-order valence-corrected chi connectivity index (χ1v) is 10.9. The van der Waals surface area contributed by atoms with Crippen LogP contribution in [0.2, 0.25) is 0 Å². The van der Waals surface area contributed by atoms with Crippen LogP contribution in [0.1, 0.15) is 84.5 Å². The molecule has 0 spiro atoms. The van der Waals surface area contributed by atoms with Crippen molar-refractivity contribution in [3.8, 4) is 0 Å². The Morgan fingerprint density at radius 3 is 1.77 bits per heavy atom. The van der Waals surface area contributed by atoms with Gasteiger partial charge in [-0.25, -0.2) is 0 Å². The van der Waals surface area contributed by atoms with E-state index in [1.165, 1.54) is 70.0 Å². The second-order valence-electron chi connectivity index (χ2n) is 6.28. The molecular weight excluding hydrogens is 296 g/mol. The number of carboxylic acids is 1. The molecule has 0 saturated carbocycles. The van der Waals surface area contributed by atoms with Gasteiger partial charge in [0, 0.05) is 0 Å². The number of unbranched alkanes of at least 4 members (excludes halogenated alkanes) is 9. The van der Waals surface area contributed by atoms with Crippen molar-refractivity contribution in [2.75, 3.05) is 17.8 Å². The van der Waals surface area contributed by atoms with Gasteiger partial charge in [-0.1, -0.05) is 65.2 Å². The minimum absolute atomic E-state index is 0. The standard InChI is InChI=1S/C18H36O2S.H2O/c1-4-6-7-8-9-10-11-12-13-14-15-21(3)16-17(5-2)18(19)20;/h17H,4-16H2,1-3H3;1H2. The molecule has 0 rings (SSSR count). The zero-order valence-corrected chi connectivity index (χ0v) is 15.8. The molecule has 2 N–H and O–H groups in total. The topological polar surface area (TPSA) is 67.3 Å². The third-order valence-electron chi connectivity index (χ3n) is 4.17. The molecule has 0 aromatic rings. The predicted molar refractivity (Wildman–Crippen MR) is 98.2 cm³/mol. The number of rotatable bonds is 15. The molecule has 0 heterocycles. The Morgan fingerprint density at radius 1 is 0.909 bits per heavy atom. The number of hydrogen-bond donors (Lipinski definition) is 1. The third-order valence-corrected chi connectivity index (χ3v) is 6.13. The van der Waals surface area contributed by atoms with Gasteiger partial charge in [0.1, 0.15) is 17.4 Å². The lowest BCUT2D eigenvalue weighted by Crippen LogP contribution is -2.24. The lowest BCUT2D eigenvalue weighted by atomic mass is 10.1. The van der Waals surface area contributed by atoms with Crippen LogP contribution in [-0.2, 0) is 15.7 Å². The Bertz CT molecular complexity index is 246. The van der Waals surface area contributed by atoms with Crippen LogP contribution in [-0.4, -0.2) is 34.3 Å². The van der Waals surface area contributed by atoms with E-state index >= 15 is 0 Å². The molecule has 0 saturated heterocycles. The second-order valence-corrected chi connectivity index (χ2v) is 8.58. The fourth-order valence-electron chi connectivity index (χ4n) is 2.63. The van der Waals surface area contributed by atoms with Gasteiger partial charge in [-0.15, -0.1) is 0 Å². The van der Waals surface area contributed by atoms with Gasteiger partial charge in [0.05, 0.1) is 6.26 Å². The molecule has 3 nitrogen and oxygen atoms in total. The lowest BCUT2D eigenvalue weighted by Gasteiger charge is -2.09. The molecule has 22 heavy (non-hydrogen) atoms. The van der Waals surface area contributed by atoms with Gasteiger partial charge in [0.2, 0.25) is 0 Å². The Labute approximate surface area is 140 Å². The van der Waals surface area contributed by atoms with Gasteiger partial charge in [-0.05, 0) is 30.2 Å². The molecule has 2 atom stereocenters. The molecule has 0 bridgehead atoms. The first kappa shape index (κ1) is 24.0. The highest BCUT2D eigenvalue weighted by molar-refractivity contribution is 7.96. The van der Waals surface area contributed by atoms with Crippen molar-refractivity contribution in [3.05, 3.63) is 0 Å². The summed E-state index contributed by atoms with van der Waals surface area (Å²) < 4.78 is 0. The monoisotopic (exact) mass is 334 g/mol. The molecule has 0 aromatic carbocycles. The van der Waals surface area contributed by atoms with Crippen molar-refractivity contribution in [3.63, 3.8) is 0 Å². The average molecular weight is 335 g/mol. The Hall–Kier alpha value is -0.220. The van der Waals surface area contributed by atoms with Crippen molar-refractivity contribution in [1.29, 1.82) is 0 Å². The SMILES string of the molecule is CCCCCCCCCCCC[S+](C)CC(CC)C(=O)O.[OH-]. The van der Waals surface area contributed by atoms with Crippen molar-refractivity contribution in [1.82, 2.24) is 0 Å². The van der Waals surface area contributed by atoms with E-state index in [1.54, 1.807) is 0 Å². The van der Waals surface area contributed by atoms with E-state index in [1.807, 2.05) is 6.92 Å². The largest absolute Gasteiger partial charge is 0.870 e. The highest BCUT2D eigenvalue weighted by Crippen LogP contribution is 2.13. The van der Waals surface area contributed by atoms with E-state index < -0.39 is 5.97 Å². The van der Waals surface area contributed by atoms with Crippen LogP contribution in [0.15, 0.2) is 0 Å². The van der Waals surface area contributed by atoms with Crippen molar-refractivity contribution < 1.29 is 15.4 Å². The van der Waals surface area contributed by atoms with Crippen LogP contribution in [0, 0.1) is 5.92 Å². The van der Waals surface area contributed by atoms with Gasteiger partial charge in [0.25, 0.3) is 0 Å². The van der Waals surface area contributed by atoms with Gasteiger partial charge in [-0.2, -0.15) is 0 Å². The van der Waals surface area contributed by atoms with Crippen LogP contribution in [0.5, 0.6) is 0 Å². The first-order chi connectivity index (χ1) is 10.1. The predicted octanol–water partition coefficient (Wildman–Crippen LogP) is 5.09. The smallest absolute Gasteiger partial charge is 0.311 e. The summed E-state index contributed by atoms with van der Waals surface area (Å²) in [5, 5.41) is 9.07. The van der Waals surface area contributed by atoms with E-state index in [0.717, 1.165) is 12.2 Å².